The van der Waals surface area contributed by atoms with Gasteiger partial charge in [0.25, 0.3) is 0 Å². The van der Waals surface area contributed by atoms with Gasteiger partial charge in [0.2, 0.25) is 0 Å². The molecular formula is C14H15BrN2O3. The quantitative estimate of drug-likeness (QED) is 0.630. The Morgan fingerprint density at radius 2 is 2.25 bits per heavy atom. The van der Waals surface area contributed by atoms with Crippen molar-refractivity contribution in [2.24, 2.45) is 11.7 Å². The molecule has 0 amide bonds. The molecule has 1 aliphatic carbocycles. The first-order chi connectivity index (χ1) is 9.47. The van der Waals surface area contributed by atoms with Crippen molar-refractivity contribution in [2.45, 2.75) is 25.5 Å². The Kier molecular flexibility index (Phi) is 3.32. The number of carbonyl (C=O) groups is 1. The number of aliphatic hydroxyl groups excluding tert-OH is 1. The number of nitrogens with two attached hydrogens (primary N) is 1. The van der Waals surface area contributed by atoms with E-state index in [4.69, 9.17) is 5.73 Å². The van der Waals surface area contributed by atoms with E-state index in [0.717, 1.165) is 26.6 Å². The summed E-state index contributed by atoms with van der Waals surface area (Å²) in [5.74, 6) is -1.09. The summed E-state index contributed by atoms with van der Waals surface area (Å²) in [4.78, 5) is 14.5. The van der Waals surface area contributed by atoms with Crippen molar-refractivity contribution in [1.29, 1.82) is 0 Å². The topological polar surface area (TPSA) is 99.3 Å². The van der Waals surface area contributed by atoms with E-state index in [-0.39, 0.29) is 5.92 Å². The fraction of sp³-hybridized carbons (Fsp3) is 0.357. The van der Waals surface area contributed by atoms with E-state index in [1.807, 2.05) is 6.07 Å². The van der Waals surface area contributed by atoms with Gasteiger partial charge < -0.3 is 20.9 Å². The third kappa shape index (κ3) is 2.13. The van der Waals surface area contributed by atoms with Crippen LogP contribution in [0.3, 0.4) is 0 Å². The van der Waals surface area contributed by atoms with E-state index in [1.165, 1.54) is 0 Å². The van der Waals surface area contributed by atoms with Crippen molar-refractivity contribution < 1.29 is 15.0 Å². The number of hydrogen-bond donors (Lipinski definition) is 4. The number of fused-ring (bicyclic) bond motifs is 3. The van der Waals surface area contributed by atoms with Crippen LogP contribution in [-0.2, 0) is 17.6 Å². The summed E-state index contributed by atoms with van der Waals surface area (Å²) >= 11 is 3.41. The van der Waals surface area contributed by atoms with E-state index < -0.39 is 12.2 Å². The summed E-state index contributed by atoms with van der Waals surface area (Å²) in [6, 6.07) is 3.73. The second-order valence-corrected chi connectivity index (χ2v) is 6.14. The van der Waals surface area contributed by atoms with Gasteiger partial charge in [0.05, 0.1) is 11.4 Å². The maximum atomic E-state index is 11.2. The molecule has 0 fully saturated rings. The van der Waals surface area contributed by atoms with Gasteiger partial charge in [-0.05, 0) is 37.0 Å². The number of aliphatic carboxylic acids is 1. The van der Waals surface area contributed by atoms with Crippen LogP contribution in [-0.4, -0.2) is 21.2 Å². The monoisotopic (exact) mass is 338 g/mol. The number of benzene rings is 1. The van der Waals surface area contributed by atoms with Gasteiger partial charge in [-0.1, -0.05) is 15.9 Å². The highest BCUT2D eigenvalue weighted by Gasteiger charge is 2.28. The molecule has 0 bridgehead atoms. The second kappa shape index (κ2) is 4.87. The fourth-order valence-electron chi connectivity index (χ4n) is 2.95. The molecule has 2 aromatic rings. The van der Waals surface area contributed by atoms with Gasteiger partial charge >= 0.3 is 5.97 Å². The Labute approximate surface area is 123 Å². The lowest BCUT2D eigenvalue weighted by molar-refractivity contribution is -0.142. The van der Waals surface area contributed by atoms with Crippen molar-refractivity contribution in [3.05, 3.63) is 33.4 Å². The average Bonchev–Trinajstić information content (AvgIpc) is 2.75. The lowest BCUT2D eigenvalue weighted by atomic mass is 9.86. The van der Waals surface area contributed by atoms with Crippen LogP contribution in [0.1, 0.15) is 29.5 Å². The molecule has 106 valence electrons. The lowest BCUT2D eigenvalue weighted by Gasteiger charge is -2.18. The predicted molar refractivity (Wildman–Crippen MR) is 78.3 cm³/mol. The van der Waals surface area contributed by atoms with Crippen molar-refractivity contribution in [1.82, 2.24) is 4.98 Å². The van der Waals surface area contributed by atoms with Gasteiger partial charge in [-0.3, -0.25) is 4.79 Å². The molecule has 1 heterocycles. The predicted octanol–water partition coefficient (Wildman–Crippen LogP) is 2.07. The van der Waals surface area contributed by atoms with E-state index in [2.05, 4.69) is 20.9 Å². The van der Waals surface area contributed by atoms with Crippen LogP contribution in [0.2, 0.25) is 0 Å². The van der Waals surface area contributed by atoms with Crippen molar-refractivity contribution >= 4 is 32.8 Å². The van der Waals surface area contributed by atoms with E-state index in [9.17, 15) is 15.0 Å². The van der Waals surface area contributed by atoms with Gasteiger partial charge in [-0.15, -0.1) is 0 Å². The number of rotatable bonds is 2. The molecule has 0 aliphatic heterocycles. The molecule has 2 atom stereocenters. The molecule has 0 spiro atoms. The maximum Gasteiger partial charge on any atom is 0.306 e. The molecule has 1 aliphatic rings. The summed E-state index contributed by atoms with van der Waals surface area (Å²) in [5.41, 5.74) is 9.11. The number of halogens is 1. The fourth-order valence-corrected chi connectivity index (χ4v) is 3.43. The molecular weight excluding hydrogens is 324 g/mol. The number of aromatic amines is 1. The summed E-state index contributed by atoms with van der Waals surface area (Å²) < 4.78 is 0.823. The van der Waals surface area contributed by atoms with E-state index in [0.29, 0.717) is 24.8 Å². The largest absolute Gasteiger partial charge is 0.481 e. The summed E-state index contributed by atoms with van der Waals surface area (Å²) in [7, 11) is 0. The van der Waals surface area contributed by atoms with Gasteiger partial charge in [0.1, 0.15) is 6.23 Å². The minimum Gasteiger partial charge on any atom is -0.481 e. The number of H-pyrrole nitrogens is 1. The first-order valence-corrected chi connectivity index (χ1v) is 7.26. The molecule has 0 saturated heterocycles. The lowest BCUT2D eigenvalue weighted by Crippen LogP contribution is -2.21. The van der Waals surface area contributed by atoms with Crippen molar-refractivity contribution in [3.8, 4) is 0 Å². The van der Waals surface area contributed by atoms with E-state index >= 15 is 0 Å². The molecule has 20 heavy (non-hydrogen) atoms. The second-order valence-electron chi connectivity index (χ2n) is 5.22. The van der Waals surface area contributed by atoms with Crippen LogP contribution in [0.5, 0.6) is 0 Å². The third-order valence-corrected chi connectivity index (χ3v) is 4.42. The molecule has 1 aromatic heterocycles. The Balaban J connectivity index is 2.19. The van der Waals surface area contributed by atoms with Gasteiger partial charge in [0.15, 0.2) is 0 Å². The molecule has 1 aromatic carbocycles. The number of aliphatic hydroxyl groups is 1. The Morgan fingerprint density at radius 3 is 2.90 bits per heavy atom. The molecule has 5 N–H and O–H groups in total. The molecule has 5 nitrogen and oxygen atoms in total. The molecule has 2 unspecified atom stereocenters. The van der Waals surface area contributed by atoms with Gasteiger partial charge in [0, 0.05) is 21.1 Å². The minimum absolute atomic E-state index is 0.341. The van der Waals surface area contributed by atoms with E-state index in [1.54, 1.807) is 6.07 Å². The SMILES string of the molecule is NC(O)c1cc(Br)cc2c3c([nH]c12)CCC(C(=O)O)C3. The summed E-state index contributed by atoms with van der Waals surface area (Å²) in [5, 5.41) is 19.8. The summed E-state index contributed by atoms with van der Waals surface area (Å²) in [6.45, 7) is 0. The normalized spacial score (nSPS) is 19.9. The molecule has 0 saturated carbocycles. The van der Waals surface area contributed by atoms with Crippen LogP contribution >= 0.6 is 15.9 Å². The maximum absolute atomic E-state index is 11.2. The minimum atomic E-state index is -1.06. The van der Waals surface area contributed by atoms with Crippen LogP contribution in [0, 0.1) is 5.92 Å². The van der Waals surface area contributed by atoms with Crippen molar-refractivity contribution in [3.63, 3.8) is 0 Å². The first kappa shape index (κ1) is 13.6. The average molecular weight is 339 g/mol. The van der Waals surface area contributed by atoms with Crippen LogP contribution in [0.4, 0.5) is 0 Å². The summed E-state index contributed by atoms with van der Waals surface area (Å²) in [6.07, 6.45) is 0.793. The Bertz CT molecular complexity index is 693. The van der Waals surface area contributed by atoms with Crippen LogP contribution < -0.4 is 5.73 Å². The molecule has 6 heteroatoms. The molecule has 3 rings (SSSR count). The Morgan fingerprint density at radius 1 is 1.50 bits per heavy atom. The first-order valence-electron chi connectivity index (χ1n) is 6.46. The number of aromatic nitrogens is 1. The highest BCUT2D eigenvalue weighted by Crippen LogP contribution is 2.36. The number of carboxylic acid groups (broad SMARTS) is 1. The zero-order valence-corrected chi connectivity index (χ0v) is 12.3. The van der Waals surface area contributed by atoms with Gasteiger partial charge in [-0.25, -0.2) is 0 Å². The van der Waals surface area contributed by atoms with Gasteiger partial charge in [-0.2, -0.15) is 0 Å². The third-order valence-electron chi connectivity index (χ3n) is 3.96. The zero-order valence-electron chi connectivity index (χ0n) is 10.7. The standard InChI is InChI=1S/C14H15BrN2O3/c15-7-4-9-8-3-6(14(19)20)1-2-11(8)17-12(9)10(5-7)13(16)18/h4-6,13,17-18H,1-3,16H2,(H,19,20). The number of nitrogens with one attached hydrogen (secondary N) is 1. The number of hydrogen-bond acceptors (Lipinski definition) is 3. The number of aryl methyl sites for hydroxylation is 1. The van der Waals surface area contributed by atoms with Crippen molar-refractivity contribution in [2.75, 3.05) is 0 Å². The smallest absolute Gasteiger partial charge is 0.306 e. The van der Waals surface area contributed by atoms with Crippen LogP contribution in [0.15, 0.2) is 16.6 Å². The highest BCUT2D eigenvalue weighted by molar-refractivity contribution is 9.10. The highest BCUT2D eigenvalue weighted by atomic mass is 79.9. The Hall–Kier alpha value is -1.37. The zero-order chi connectivity index (χ0) is 14.4. The van der Waals surface area contributed by atoms with Crippen LogP contribution in [0.25, 0.3) is 10.9 Å². The number of carboxylic acids is 1. The molecule has 0 radical (unpaired) electrons.